The number of amides is 3. The summed E-state index contributed by atoms with van der Waals surface area (Å²) in [4.78, 5) is 53.6. The van der Waals surface area contributed by atoms with Crippen molar-refractivity contribution in [3.63, 3.8) is 0 Å². The number of nitrogens with zero attached hydrogens (tertiary/aromatic N) is 1. The number of hydrogen-bond acceptors (Lipinski definition) is 5. The number of rotatable bonds is 7. The summed E-state index contributed by atoms with van der Waals surface area (Å²) >= 11 is 9.46. The number of imide groups is 1. The van der Waals surface area contributed by atoms with Crippen molar-refractivity contribution in [2.75, 3.05) is 11.9 Å². The van der Waals surface area contributed by atoms with Gasteiger partial charge in [0.25, 0.3) is 5.91 Å². The highest BCUT2D eigenvalue weighted by molar-refractivity contribution is 9.10. The largest absolute Gasteiger partial charge is 0.454 e. The highest BCUT2D eigenvalue weighted by Gasteiger charge is 2.61. The zero-order chi connectivity index (χ0) is 25.6. The lowest BCUT2D eigenvalue weighted by Gasteiger charge is -2.26. The maximum absolute atomic E-state index is 13.4. The molecule has 1 N–H and O–H groups in total. The fourth-order valence-corrected chi connectivity index (χ4v) is 6.17. The van der Waals surface area contributed by atoms with Crippen LogP contribution in [0.15, 0.2) is 59.1 Å². The highest BCUT2D eigenvalue weighted by atomic mass is 79.9. The zero-order valence-electron chi connectivity index (χ0n) is 19.4. The smallest absolute Gasteiger partial charge is 0.330 e. The van der Waals surface area contributed by atoms with Crippen molar-refractivity contribution in [1.82, 2.24) is 4.90 Å². The van der Waals surface area contributed by atoms with Gasteiger partial charge in [-0.05, 0) is 64.4 Å². The van der Waals surface area contributed by atoms with Crippen LogP contribution in [0.5, 0.6) is 0 Å². The number of carbonyl (C=O) groups is 4. The molecule has 0 radical (unpaired) electrons. The van der Waals surface area contributed by atoms with Crippen molar-refractivity contribution in [3.05, 3.63) is 75.2 Å². The van der Waals surface area contributed by atoms with Crippen molar-refractivity contribution in [2.24, 2.45) is 23.7 Å². The molecule has 2 aliphatic carbocycles. The number of halogens is 2. The van der Waals surface area contributed by atoms with Crippen LogP contribution in [0.2, 0.25) is 5.02 Å². The summed E-state index contributed by atoms with van der Waals surface area (Å²) in [6.07, 6.45) is 4.92. The molecule has 1 saturated heterocycles. The second-order valence-corrected chi connectivity index (χ2v) is 10.8. The van der Waals surface area contributed by atoms with E-state index in [9.17, 15) is 19.2 Å². The molecule has 3 aliphatic rings. The Bertz CT molecular complexity index is 1250. The number of likely N-dealkylation sites (tertiary alicyclic amines) is 1. The highest BCUT2D eigenvalue weighted by Crippen LogP contribution is 2.53. The Kier molecular flexibility index (Phi) is 6.74. The van der Waals surface area contributed by atoms with Crippen LogP contribution in [0.4, 0.5) is 5.69 Å². The first-order chi connectivity index (χ1) is 17.2. The number of carbonyl (C=O) groups excluding carboxylic acids is 4. The molecule has 3 amide bonds. The van der Waals surface area contributed by atoms with E-state index in [1.165, 1.54) is 0 Å². The number of aryl methyl sites for hydroxylation is 1. The van der Waals surface area contributed by atoms with E-state index in [0.717, 1.165) is 22.4 Å². The number of hydrogen-bond donors (Lipinski definition) is 1. The maximum atomic E-state index is 13.4. The first-order valence-electron chi connectivity index (χ1n) is 11.8. The molecular formula is C27H24BrClN2O5. The number of anilines is 1. The maximum Gasteiger partial charge on any atom is 0.330 e. The van der Waals surface area contributed by atoms with Crippen molar-refractivity contribution in [1.29, 1.82) is 0 Å². The molecular weight excluding hydrogens is 548 g/mol. The van der Waals surface area contributed by atoms with Crippen LogP contribution in [0.3, 0.4) is 0 Å². The van der Waals surface area contributed by atoms with E-state index >= 15 is 0 Å². The summed E-state index contributed by atoms with van der Waals surface area (Å²) in [5.41, 5.74) is 2.05. The molecule has 1 saturated carbocycles. The zero-order valence-corrected chi connectivity index (χ0v) is 21.8. The van der Waals surface area contributed by atoms with Gasteiger partial charge in [-0.15, -0.1) is 0 Å². The standard InChI is InChI=1S/C27H24BrClN2O5/c1-14-9-18(28)19(29)12-20(14)30-22(32)13-36-27(35)21(10-15-5-3-2-4-6-15)31-25(33)23-16-7-8-17(11-16)24(23)26(31)34/h2-9,12,16-17,21,23-24H,10-11,13H2,1H3,(H,30,32)/t16-,17-,21-,23+,24+/m0/s1. The van der Waals surface area contributed by atoms with E-state index in [1.54, 1.807) is 12.1 Å². The van der Waals surface area contributed by atoms with Crippen LogP contribution in [0.1, 0.15) is 17.5 Å². The van der Waals surface area contributed by atoms with Crippen LogP contribution in [0, 0.1) is 30.6 Å². The van der Waals surface area contributed by atoms with E-state index in [-0.39, 0.29) is 30.1 Å². The van der Waals surface area contributed by atoms with Gasteiger partial charge >= 0.3 is 5.97 Å². The molecule has 2 fully saturated rings. The van der Waals surface area contributed by atoms with E-state index in [2.05, 4.69) is 21.2 Å². The fourth-order valence-electron chi connectivity index (χ4n) is 5.55. The lowest BCUT2D eigenvalue weighted by atomic mass is 9.85. The van der Waals surface area contributed by atoms with Gasteiger partial charge in [0, 0.05) is 16.6 Å². The van der Waals surface area contributed by atoms with Crippen molar-refractivity contribution >= 4 is 56.9 Å². The third kappa shape index (κ3) is 4.48. The summed E-state index contributed by atoms with van der Waals surface area (Å²) in [5, 5.41) is 3.11. The quantitative estimate of drug-likeness (QED) is 0.304. The lowest BCUT2D eigenvalue weighted by Crippen LogP contribution is -2.48. The Balaban J connectivity index is 1.32. The average Bonchev–Trinajstić information content (AvgIpc) is 3.54. The molecule has 2 bridgehead atoms. The Hall–Kier alpha value is -2.97. The van der Waals surface area contributed by atoms with E-state index in [4.69, 9.17) is 16.3 Å². The topological polar surface area (TPSA) is 92.8 Å². The van der Waals surface area contributed by atoms with E-state index in [0.29, 0.717) is 15.2 Å². The Morgan fingerprint density at radius 3 is 2.39 bits per heavy atom. The minimum Gasteiger partial charge on any atom is -0.454 e. The first kappa shape index (κ1) is 24.7. The van der Waals surface area contributed by atoms with Crippen LogP contribution in [-0.4, -0.2) is 41.2 Å². The third-order valence-electron chi connectivity index (χ3n) is 7.25. The molecule has 5 atom stereocenters. The lowest BCUT2D eigenvalue weighted by molar-refractivity contribution is -0.160. The molecule has 0 unspecified atom stereocenters. The second-order valence-electron chi connectivity index (χ2n) is 9.49. The Labute approximate surface area is 221 Å². The number of ether oxygens (including phenoxy) is 1. The summed E-state index contributed by atoms with van der Waals surface area (Å²) in [5.74, 6) is -2.79. The van der Waals surface area contributed by atoms with E-state index in [1.807, 2.05) is 49.4 Å². The molecule has 36 heavy (non-hydrogen) atoms. The van der Waals surface area contributed by atoms with Crippen LogP contribution < -0.4 is 5.32 Å². The Morgan fingerprint density at radius 1 is 1.11 bits per heavy atom. The number of fused-ring (bicyclic) bond motifs is 5. The summed E-state index contributed by atoms with van der Waals surface area (Å²) in [6.45, 7) is 1.25. The minimum absolute atomic E-state index is 0.0293. The molecule has 5 rings (SSSR count). The van der Waals surface area contributed by atoms with Gasteiger partial charge in [-0.3, -0.25) is 19.3 Å². The van der Waals surface area contributed by atoms with Gasteiger partial charge in [0.15, 0.2) is 6.61 Å². The van der Waals surface area contributed by atoms with Crippen molar-refractivity contribution in [3.8, 4) is 0 Å². The van der Waals surface area contributed by atoms with Gasteiger partial charge in [-0.1, -0.05) is 54.1 Å². The predicted octanol–water partition coefficient (Wildman–Crippen LogP) is 4.31. The molecule has 0 spiro atoms. The molecule has 7 nitrogen and oxygen atoms in total. The molecule has 1 heterocycles. The monoisotopic (exact) mass is 570 g/mol. The molecule has 186 valence electrons. The SMILES string of the molecule is Cc1cc(Br)c(Cl)cc1NC(=O)COC(=O)[C@H](Cc1ccccc1)N1C(=O)[C@H]2[C@H](C1=O)[C@H]1C=C[C@H]2C1. The van der Waals surface area contributed by atoms with Crippen LogP contribution in [0.25, 0.3) is 0 Å². The number of esters is 1. The van der Waals surface area contributed by atoms with Gasteiger partial charge in [0.1, 0.15) is 6.04 Å². The van der Waals surface area contributed by atoms with Crippen LogP contribution in [-0.2, 0) is 30.3 Å². The molecule has 1 aliphatic heterocycles. The normalized spacial score (nSPS) is 24.7. The minimum atomic E-state index is -1.14. The van der Waals surface area contributed by atoms with Gasteiger partial charge < -0.3 is 10.1 Å². The van der Waals surface area contributed by atoms with Gasteiger partial charge in [-0.25, -0.2) is 4.79 Å². The average molecular weight is 572 g/mol. The van der Waals surface area contributed by atoms with Gasteiger partial charge in [0.2, 0.25) is 11.8 Å². The van der Waals surface area contributed by atoms with E-state index < -0.39 is 36.4 Å². The summed E-state index contributed by atoms with van der Waals surface area (Å²) in [7, 11) is 0. The van der Waals surface area contributed by atoms with Crippen molar-refractivity contribution in [2.45, 2.75) is 25.8 Å². The third-order valence-corrected chi connectivity index (χ3v) is 8.44. The summed E-state index contributed by atoms with van der Waals surface area (Å²) in [6, 6.07) is 11.4. The fraction of sp³-hybridized carbons (Fsp3) is 0.333. The molecule has 2 aromatic carbocycles. The second kappa shape index (κ2) is 9.82. The molecule has 2 aromatic rings. The molecule has 9 heteroatoms. The Morgan fingerprint density at radius 2 is 1.75 bits per heavy atom. The first-order valence-corrected chi connectivity index (χ1v) is 12.9. The van der Waals surface area contributed by atoms with Crippen molar-refractivity contribution < 1.29 is 23.9 Å². The summed E-state index contributed by atoms with van der Waals surface area (Å²) < 4.78 is 6.05. The number of nitrogens with one attached hydrogen (secondary N) is 1. The predicted molar refractivity (Wildman–Crippen MR) is 137 cm³/mol. The van der Waals surface area contributed by atoms with Gasteiger partial charge in [-0.2, -0.15) is 0 Å². The number of benzene rings is 2. The number of allylic oxidation sites excluding steroid dienone is 2. The van der Waals surface area contributed by atoms with Crippen LogP contribution >= 0.6 is 27.5 Å². The molecule has 0 aromatic heterocycles. The van der Waals surface area contributed by atoms with Gasteiger partial charge in [0.05, 0.1) is 16.9 Å².